The van der Waals surface area contributed by atoms with Gasteiger partial charge in [-0.3, -0.25) is 9.69 Å². The van der Waals surface area contributed by atoms with Gasteiger partial charge >= 0.3 is 12.1 Å². The molecule has 3 aliphatic rings. The number of aromatic nitrogens is 1. The second-order valence-electron chi connectivity index (χ2n) is 8.02. The Morgan fingerprint density at radius 2 is 1.97 bits per heavy atom. The van der Waals surface area contributed by atoms with Crippen molar-refractivity contribution in [2.24, 2.45) is 0 Å². The summed E-state index contributed by atoms with van der Waals surface area (Å²) in [5.74, 6) is -2.77. The van der Waals surface area contributed by atoms with Crippen LogP contribution < -0.4 is 9.80 Å². The van der Waals surface area contributed by atoms with E-state index >= 15 is 0 Å². The number of carboxylic acid groups (broad SMARTS) is 1. The zero-order valence-electron chi connectivity index (χ0n) is 16.6. The topological polar surface area (TPSA) is 97.5 Å². The number of nitrogens with zero attached hydrogens (tertiary/aromatic N) is 4. The summed E-state index contributed by atoms with van der Waals surface area (Å²) in [5.41, 5.74) is -3.26. The van der Waals surface area contributed by atoms with Gasteiger partial charge in [0.15, 0.2) is 5.69 Å². The fraction of sp³-hybridized carbons (Fsp3) is 0.333. The molecule has 2 aromatic rings. The number of nitriles is 1. The lowest BCUT2D eigenvalue weighted by Gasteiger charge is -2.54. The number of benzene rings is 1. The van der Waals surface area contributed by atoms with Crippen LogP contribution in [-0.2, 0) is 11.0 Å². The van der Waals surface area contributed by atoms with E-state index in [0.29, 0.717) is 24.9 Å². The highest BCUT2D eigenvalue weighted by molar-refractivity contribution is 8.08. The van der Waals surface area contributed by atoms with E-state index in [1.165, 1.54) is 28.8 Å². The van der Waals surface area contributed by atoms with E-state index in [4.69, 9.17) is 10.4 Å². The molecule has 2 atom stereocenters. The Morgan fingerprint density at radius 3 is 2.52 bits per heavy atom. The molecule has 12 heteroatoms. The maximum Gasteiger partial charge on any atom is 0.419 e. The van der Waals surface area contributed by atoms with Crippen molar-refractivity contribution in [2.45, 2.75) is 41.7 Å². The number of piperazine rings is 1. The van der Waals surface area contributed by atoms with E-state index in [1.807, 2.05) is 0 Å². The molecule has 0 radical (unpaired) electrons. The van der Waals surface area contributed by atoms with Crippen LogP contribution in [0.25, 0.3) is 0 Å². The molecule has 7 nitrogen and oxygen atoms in total. The molecule has 1 spiro atoms. The Balaban J connectivity index is 1.55. The highest BCUT2D eigenvalue weighted by atomic mass is 32.2. The van der Waals surface area contributed by atoms with E-state index in [9.17, 15) is 27.2 Å². The first-order chi connectivity index (χ1) is 15.6. The second kappa shape index (κ2) is 7.08. The highest BCUT2D eigenvalue weighted by Crippen LogP contribution is 2.59. The summed E-state index contributed by atoms with van der Waals surface area (Å²) in [7, 11) is 0. The third kappa shape index (κ3) is 3.13. The van der Waals surface area contributed by atoms with Gasteiger partial charge in [0.25, 0.3) is 5.91 Å². The van der Waals surface area contributed by atoms with Gasteiger partial charge in [-0.05, 0) is 43.5 Å². The number of amides is 1. The molecule has 170 valence electrons. The first kappa shape index (κ1) is 21.5. The number of rotatable bonds is 3. The third-order valence-electron chi connectivity index (χ3n) is 6.24. The molecule has 0 bridgehead atoms. The lowest BCUT2D eigenvalue weighted by molar-refractivity contribution is -0.138. The monoisotopic (exact) mass is 478 g/mol. The van der Waals surface area contributed by atoms with Crippen LogP contribution in [0.5, 0.6) is 0 Å². The summed E-state index contributed by atoms with van der Waals surface area (Å²) in [6.45, 7) is 0. The largest absolute Gasteiger partial charge is 0.478 e. The van der Waals surface area contributed by atoms with Gasteiger partial charge in [0.2, 0.25) is 0 Å². The maximum atomic E-state index is 14.4. The molecule has 1 saturated carbocycles. The molecule has 1 aromatic carbocycles. The molecular weight excluding hydrogens is 464 g/mol. The maximum absolute atomic E-state index is 14.4. The van der Waals surface area contributed by atoms with Gasteiger partial charge in [-0.1, -0.05) is 0 Å². The quantitative estimate of drug-likeness (QED) is 0.526. The predicted octanol–water partition coefficient (Wildman–Crippen LogP) is 3.98. The van der Waals surface area contributed by atoms with Gasteiger partial charge in [0, 0.05) is 5.69 Å². The van der Waals surface area contributed by atoms with Crippen molar-refractivity contribution >= 4 is 35.0 Å². The Bertz CT molecular complexity index is 1240. The van der Waals surface area contributed by atoms with Gasteiger partial charge in [0.05, 0.1) is 23.0 Å². The zero-order chi connectivity index (χ0) is 23.7. The van der Waals surface area contributed by atoms with Crippen molar-refractivity contribution in [3.63, 3.8) is 0 Å². The number of carbonyl (C=O) groups excluding carboxylic acids is 1. The van der Waals surface area contributed by atoms with Gasteiger partial charge in [-0.15, -0.1) is 11.8 Å². The third-order valence-corrected chi connectivity index (χ3v) is 7.42. The summed E-state index contributed by atoms with van der Waals surface area (Å²) in [4.78, 5) is 31.5. The number of hydrogen-bond donors (Lipinski definition) is 1. The van der Waals surface area contributed by atoms with Crippen molar-refractivity contribution in [3.05, 3.63) is 53.1 Å². The van der Waals surface area contributed by atoms with E-state index < -0.39 is 51.6 Å². The van der Waals surface area contributed by atoms with E-state index in [1.54, 1.807) is 4.90 Å². The van der Waals surface area contributed by atoms with Crippen molar-refractivity contribution in [1.82, 2.24) is 4.98 Å². The van der Waals surface area contributed by atoms with Crippen LogP contribution in [-0.4, -0.2) is 38.3 Å². The molecule has 3 heterocycles. The van der Waals surface area contributed by atoms with E-state index in [-0.39, 0.29) is 11.1 Å². The summed E-state index contributed by atoms with van der Waals surface area (Å²) in [5, 5.41) is 17.2. The molecule has 3 fully saturated rings. The van der Waals surface area contributed by atoms with Gasteiger partial charge in [-0.25, -0.2) is 14.2 Å². The molecule has 2 aliphatic heterocycles. The number of pyridine rings is 1. The fourth-order valence-corrected chi connectivity index (χ4v) is 5.73. The molecule has 1 amide bonds. The van der Waals surface area contributed by atoms with Crippen LogP contribution in [0.15, 0.2) is 30.5 Å². The number of aromatic carboxylic acids is 1. The van der Waals surface area contributed by atoms with Crippen LogP contribution >= 0.6 is 11.8 Å². The van der Waals surface area contributed by atoms with Crippen LogP contribution in [0.3, 0.4) is 0 Å². The number of alkyl halides is 3. The van der Waals surface area contributed by atoms with Crippen LogP contribution in [0.2, 0.25) is 0 Å². The lowest BCUT2D eigenvalue weighted by Crippen LogP contribution is -2.69. The average molecular weight is 478 g/mol. The molecule has 5 rings (SSSR count). The zero-order valence-corrected chi connectivity index (χ0v) is 17.5. The van der Waals surface area contributed by atoms with E-state index in [2.05, 4.69) is 4.98 Å². The predicted molar refractivity (Wildman–Crippen MR) is 109 cm³/mol. The van der Waals surface area contributed by atoms with Crippen molar-refractivity contribution < 1.29 is 32.3 Å². The summed E-state index contributed by atoms with van der Waals surface area (Å²) in [6.07, 6.45) is -2.18. The lowest BCUT2D eigenvalue weighted by atomic mass is 9.72. The molecule has 2 unspecified atom stereocenters. The minimum absolute atomic E-state index is 0.0512. The number of thioether (sulfide) groups is 1. The number of fused-ring (bicyclic) bond motifs is 1. The first-order valence-corrected chi connectivity index (χ1v) is 10.8. The van der Waals surface area contributed by atoms with Crippen molar-refractivity contribution in [2.75, 3.05) is 9.80 Å². The molecular formula is C21H14F4N4O3S. The summed E-state index contributed by atoms with van der Waals surface area (Å²) in [6, 6.07) is 5.85. The summed E-state index contributed by atoms with van der Waals surface area (Å²) >= 11 is 1.32. The number of anilines is 2. The van der Waals surface area contributed by atoms with Gasteiger partial charge in [0.1, 0.15) is 28.2 Å². The number of carbonyl (C=O) groups is 2. The Kier molecular flexibility index (Phi) is 4.62. The molecule has 33 heavy (non-hydrogen) atoms. The minimum Gasteiger partial charge on any atom is -0.478 e. The second-order valence-corrected chi connectivity index (χ2v) is 9.25. The summed E-state index contributed by atoms with van der Waals surface area (Å²) < 4.78 is 54.7. The number of halogens is 4. The number of hydrogen-bond acceptors (Lipinski definition) is 6. The van der Waals surface area contributed by atoms with Gasteiger partial charge < -0.3 is 10.0 Å². The molecule has 2 saturated heterocycles. The van der Waals surface area contributed by atoms with Crippen LogP contribution in [0, 0.1) is 17.1 Å². The normalized spacial score (nSPS) is 23.1. The highest BCUT2D eigenvalue weighted by Gasteiger charge is 2.66. The Hall–Kier alpha value is -3.33. The molecule has 1 N–H and O–H groups in total. The van der Waals surface area contributed by atoms with Crippen LogP contribution in [0.4, 0.5) is 28.9 Å². The number of carboxylic acids is 1. The Labute approximate surface area is 188 Å². The average Bonchev–Trinajstić information content (AvgIpc) is 3.50. The molecule has 1 aliphatic carbocycles. The first-order valence-electron chi connectivity index (χ1n) is 9.87. The fourth-order valence-electron chi connectivity index (χ4n) is 4.50. The van der Waals surface area contributed by atoms with Gasteiger partial charge in [-0.2, -0.15) is 18.4 Å². The standard InChI is InChI=1S/C21H14F4N4O3S/c22-14-7-10(2-3-12(14)18(30)31)29-17-16(33-17)28(19(32)20(29)4-1-5-20)11-6-13(21(23,24)25)15(8-26)27-9-11/h2-3,6-7,9,16-17H,1,4-5H2,(H,30,31). The SMILES string of the molecule is N#Cc1ncc(N2C(=O)C3(CCC3)N(c3ccc(C(=O)O)c(F)c3)C3SC32)cc1C(F)(F)F. The molecule has 1 aromatic heterocycles. The smallest absolute Gasteiger partial charge is 0.419 e. The van der Waals surface area contributed by atoms with Crippen LogP contribution in [0.1, 0.15) is 40.9 Å². The van der Waals surface area contributed by atoms with Crippen molar-refractivity contribution in [1.29, 1.82) is 5.26 Å². The van der Waals surface area contributed by atoms with Crippen molar-refractivity contribution in [3.8, 4) is 6.07 Å². The van der Waals surface area contributed by atoms with E-state index in [0.717, 1.165) is 24.4 Å². The minimum atomic E-state index is -4.81. The Morgan fingerprint density at radius 1 is 1.24 bits per heavy atom.